The SMILES string of the molecule is O=C(Nc1ccc(-n2cccn2)nc1)c1nn(-c2ccc(F)cc2)c2c1CCCC2. The van der Waals surface area contributed by atoms with Gasteiger partial charge in [-0.25, -0.2) is 18.7 Å². The van der Waals surface area contributed by atoms with E-state index in [9.17, 15) is 9.18 Å². The number of pyridine rings is 1. The van der Waals surface area contributed by atoms with Gasteiger partial charge < -0.3 is 5.32 Å². The number of fused-ring (bicyclic) bond motifs is 1. The van der Waals surface area contributed by atoms with Gasteiger partial charge in [0.2, 0.25) is 0 Å². The number of carbonyl (C=O) groups is 1. The van der Waals surface area contributed by atoms with Crippen molar-refractivity contribution in [2.75, 3.05) is 5.32 Å². The number of nitrogens with one attached hydrogen (secondary N) is 1. The molecule has 0 fully saturated rings. The minimum Gasteiger partial charge on any atom is -0.319 e. The molecule has 0 radical (unpaired) electrons. The minimum absolute atomic E-state index is 0.275. The lowest BCUT2D eigenvalue weighted by molar-refractivity contribution is 0.102. The molecule has 0 saturated carbocycles. The Kier molecular flexibility index (Phi) is 4.59. The summed E-state index contributed by atoms with van der Waals surface area (Å²) in [7, 11) is 0. The fourth-order valence-electron chi connectivity index (χ4n) is 3.77. The molecule has 0 unspecified atom stereocenters. The number of halogens is 1. The first kappa shape index (κ1) is 18.2. The van der Waals surface area contributed by atoms with Crippen molar-refractivity contribution in [3.05, 3.63) is 83.8 Å². The lowest BCUT2D eigenvalue weighted by Gasteiger charge is -2.14. The van der Waals surface area contributed by atoms with E-state index in [1.54, 1.807) is 52.2 Å². The van der Waals surface area contributed by atoms with Crippen LogP contribution in [0, 0.1) is 5.82 Å². The van der Waals surface area contributed by atoms with Gasteiger partial charge in [-0.1, -0.05) is 0 Å². The first-order chi connectivity index (χ1) is 14.7. The van der Waals surface area contributed by atoms with Crippen LogP contribution in [0.2, 0.25) is 0 Å². The minimum atomic E-state index is -0.302. The molecule has 1 aromatic carbocycles. The molecular formula is C22H19FN6O. The Bertz CT molecular complexity index is 1180. The van der Waals surface area contributed by atoms with Gasteiger partial charge in [-0.2, -0.15) is 10.2 Å². The molecule has 30 heavy (non-hydrogen) atoms. The van der Waals surface area contributed by atoms with Crippen LogP contribution in [0.25, 0.3) is 11.5 Å². The highest BCUT2D eigenvalue weighted by Gasteiger charge is 2.25. The van der Waals surface area contributed by atoms with E-state index in [4.69, 9.17) is 0 Å². The van der Waals surface area contributed by atoms with E-state index >= 15 is 0 Å². The van der Waals surface area contributed by atoms with Crippen molar-refractivity contribution in [2.45, 2.75) is 25.7 Å². The zero-order chi connectivity index (χ0) is 20.5. The molecule has 0 saturated heterocycles. The smallest absolute Gasteiger partial charge is 0.276 e. The molecule has 1 aliphatic carbocycles. The Hall–Kier alpha value is -3.81. The molecule has 150 valence electrons. The molecule has 3 aromatic heterocycles. The summed E-state index contributed by atoms with van der Waals surface area (Å²) in [6.45, 7) is 0. The Morgan fingerprint density at radius 2 is 1.90 bits per heavy atom. The van der Waals surface area contributed by atoms with Gasteiger partial charge in [0, 0.05) is 23.7 Å². The van der Waals surface area contributed by atoms with Crippen LogP contribution in [0.1, 0.15) is 34.6 Å². The molecule has 0 aliphatic heterocycles. The van der Waals surface area contributed by atoms with Crippen LogP contribution in [0.15, 0.2) is 61.1 Å². The molecule has 8 heteroatoms. The first-order valence-corrected chi connectivity index (χ1v) is 9.83. The molecule has 1 N–H and O–H groups in total. The van der Waals surface area contributed by atoms with E-state index < -0.39 is 0 Å². The third-order valence-electron chi connectivity index (χ3n) is 5.21. The summed E-state index contributed by atoms with van der Waals surface area (Å²) in [6.07, 6.45) is 8.77. The second kappa shape index (κ2) is 7.55. The van der Waals surface area contributed by atoms with Gasteiger partial charge in [-0.3, -0.25) is 4.79 Å². The van der Waals surface area contributed by atoms with Gasteiger partial charge in [0.05, 0.1) is 17.6 Å². The maximum atomic E-state index is 13.3. The Labute approximate surface area is 172 Å². The van der Waals surface area contributed by atoms with E-state index in [0.717, 1.165) is 42.6 Å². The number of anilines is 1. The van der Waals surface area contributed by atoms with Crippen molar-refractivity contribution in [1.82, 2.24) is 24.5 Å². The van der Waals surface area contributed by atoms with Crippen LogP contribution in [-0.2, 0) is 12.8 Å². The molecule has 7 nitrogen and oxygen atoms in total. The van der Waals surface area contributed by atoms with Crippen LogP contribution in [0.4, 0.5) is 10.1 Å². The lowest BCUT2D eigenvalue weighted by Crippen LogP contribution is -2.16. The van der Waals surface area contributed by atoms with Crippen LogP contribution >= 0.6 is 0 Å². The van der Waals surface area contributed by atoms with Crippen LogP contribution in [0.5, 0.6) is 0 Å². The van der Waals surface area contributed by atoms with Crippen LogP contribution in [-0.4, -0.2) is 30.5 Å². The van der Waals surface area contributed by atoms with Crippen molar-refractivity contribution in [2.24, 2.45) is 0 Å². The largest absolute Gasteiger partial charge is 0.319 e. The first-order valence-electron chi connectivity index (χ1n) is 9.83. The fourth-order valence-corrected chi connectivity index (χ4v) is 3.77. The summed E-state index contributed by atoms with van der Waals surface area (Å²) < 4.78 is 16.7. The maximum Gasteiger partial charge on any atom is 0.276 e. The summed E-state index contributed by atoms with van der Waals surface area (Å²) in [6, 6.07) is 11.5. The molecule has 4 aromatic rings. The van der Waals surface area contributed by atoms with Gasteiger partial charge in [-0.15, -0.1) is 0 Å². The highest BCUT2D eigenvalue weighted by Crippen LogP contribution is 2.27. The summed E-state index contributed by atoms with van der Waals surface area (Å²) >= 11 is 0. The molecule has 0 atom stereocenters. The predicted octanol–water partition coefficient (Wildman–Crippen LogP) is 3.72. The Morgan fingerprint density at radius 3 is 2.63 bits per heavy atom. The summed E-state index contributed by atoms with van der Waals surface area (Å²) in [4.78, 5) is 17.3. The van der Waals surface area contributed by atoms with Crippen molar-refractivity contribution >= 4 is 11.6 Å². The van der Waals surface area contributed by atoms with Gasteiger partial charge in [-0.05, 0) is 68.1 Å². The van der Waals surface area contributed by atoms with Crippen molar-refractivity contribution in [1.29, 1.82) is 0 Å². The Balaban J connectivity index is 1.43. The van der Waals surface area contributed by atoms with E-state index in [0.29, 0.717) is 17.2 Å². The molecule has 1 amide bonds. The average Bonchev–Trinajstić information content (AvgIpc) is 3.43. The molecule has 5 rings (SSSR count). The second-order valence-corrected chi connectivity index (χ2v) is 7.18. The molecule has 0 bridgehead atoms. The number of amides is 1. The molecular weight excluding hydrogens is 383 g/mol. The summed E-state index contributed by atoms with van der Waals surface area (Å²) in [5.74, 6) is 0.0856. The van der Waals surface area contributed by atoms with E-state index in [1.807, 2.05) is 6.07 Å². The molecule has 0 spiro atoms. The van der Waals surface area contributed by atoms with E-state index in [2.05, 4.69) is 20.5 Å². The number of rotatable bonds is 4. The van der Waals surface area contributed by atoms with Crippen molar-refractivity contribution < 1.29 is 9.18 Å². The van der Waals surface area contributed by atoms with Crippen molar-refractivity contribution in [3.63, 3.8) is 0 Å². The zero-order valence-corrected chi connectivity index (χ0v) is 16.1. The topological polar surface area (TPSA) is 77.6 Å². The van der Waals surface area contributed by atoms with Gasteiger partial charge >= 0.3 is 0 Å². The monoisotopic (exact) mass is 402 g/mol. The summed E-state index contributed by atoms with van der Waals surface area (Å²) in [5.41, 5.74) is 3.72. The fraction of sp³-hybridized carbons (Fsp3) is 0.182. The lowest BCUT2D eigenvalue weighted by atomic mass is 9.95. The maximum absolute atomic E-state index is 13.3. The Morgan fingerprint density at radius 1 is 1.07 bits per heavy atom. The number of hydrogen-bond donors (Lipinski definition) is 1. The number of hydrogen-bond acceptors (Lipinski definition) is 4. The van der Waals surface area contributed by atoms with Crippen LogP contribution in [0.3, 0.4) is 0 Å². The van der Waals surface area contributed by atoms with Gasteiger partial charge in [0.15, 0.2) is 11.5 Å². The molecule has 3 heterocycles. The number of nitrogens with zero attached hydrogens (tertiary/aromatic N) is 5. The average molecular weight is 402 g/mol. The third kappa shape index (κ3) is 3.36. The number of aromatic nitrogens is 5. The standard InChI is InChI=1S/C22H19FN6O/c23-15-6-9-17(10-7-15)29-19-5-2-1-4-18(19)21(27-29)22(30)26-16-8-11-20(24-14-16)28-13-3-12-25-28/h3,6-14H,1-2,4-5H2,(H,26,30). The molecule has 1 aliphatic rings. The third-order valence-corrected chi connectivity index (χ3v) is 5.21. The predicted molar refractivity (Wildman–Crippen MR) is 109 cm³/mol. The normalized spacial score (nSPS) is 13.1. The second-order valence-electron chi connectivity index (χ2n) is 7.18. The number of carbonyl (C=O) groups excluding carboxylic acids is 1. The van der Waals surface area contributed by atoms with Gasteiger partial charge in [0.1, 0.15) is 5.82 Å². The number of benzene rings is 1. The van der Waals surface area contributed by atoms with Crippen molar-refractivity contribution in [3.8, 4) is 11.5 Å². The zero-order valence-electron chi connectivity index (χ0n) is 16.1. The highest BCUT2D eigenvalue weighted by atomic mass is 19.1. The van der Waals surface area contributed by atoms with Crippen LogP contribution < -0.4 is 5.32 Å². The van der Waals surface area contributed by atoms with E-state index in [1.165, 1.54) is 12.1 Å². The summed E-state index contributed by atoms with van der Waals surface area (Å²) in [5, 5.41) is 11.6. The van der Waals surface area contributed by atoms with E-state index in [-0.39, 0.29) is 11.7 Å². The quantitative estimate of drug-likeness (QED) is 0.564. The van der Waals surface area contributed by atoms with Gasteiger partial charge in [0.25, 0.3) is 5.91 Å². The highest BCUT2D eigenvalue weighted by molar-refractivity contribution is 6.04.